The van der Waals surface area contributed by atoms with Crippen LogP contribution in [0.4, 0.5) is 0 Å². The molecule has 6 heterocycles. The number of benzene rings is 3. The number of hydrogen-bond acceptors (Lipinski definition) is 10. The summed E-state index contributed by atoms with van der Waals surface area (Å²) in [7, 11) is 0. The zero-order valence-electron chi connectivity index (χ0n) is 36.1. The van der Waals surface area contributed by atoms with Crippen LogP contribution >= 0.6 is 0 Å². The van der Waals surface area contributed by atoms with Crippen LogP contribution in [0.2, 0.25) is 0 Å². The van der Waals surface area contributed by atoms with E-state index < -0.39 is 35.7 Å². The Hall–Kier alpha value is -5.86. The number of aliphatic carboxylic acids is 3. The van der Waals surface area contributed by atoms with E-state index in [-0.39, 0.29) is 17.8 Å². The van der Waals surface area contributed by atoms with Crippen LogP contribution < -0.4 is 16.0 Å². The summed E-state index contributed by atoms with van der Waals surface area (Å²) in [6.45, 7) is 6.24. The van der Waals surface area contributed by atoms with Crippen molar-refractivity contribution in [1.82, 2.24) is 35.8 Å². The van der Waals surface area contributed by atoms with Crippen LogP contribution in [0.25, 0.3) is 32.7 Å². The van der Waals surface area contributed by atoms with Crippen LogP contribution in [0.3, 0.4) is 0 Å². The monoisotopic (exact) mass is 863 g/mol. The molecule has 0 aliphatic carbocycles. The van der Waals surface area contributed by atoms with E-state index in [1.807, 2.05) is 73.2 Å². The van der Waals surface area contributed by atoms with Gasteiger partial charge in [-0.2, -0.15) is 0 Å². The smallest absolute Gasteiger partial charge is 0.307 e. The molecule has 3 aliphatic heterocycles. The van der Waals surface area contributed by atoms with Gasteiger partial charge in [0.15, 0.2) is 0 Å². The predicted molar refractivity (Wildman–Crippen MR) is 246 cm³/mol. The minimum Gasteiger partial charge on any atom is -0.481 e. The molecule has 0 saturated carbocycles. The summed E-state index contributed by atoms with van der Waals surface area (Å²) in [5, 5.41) is 43.7. The number of carboxylic acid groups (broad SMARTS) is 3. The molecule has 3 aromatic carbocycles. The number of nitrogens with one attached hydrogen (secondary N) is 3. The van der Waals surface area contributed by atoms with Gasteiger partial charge in [-0.05, 0) is 184 Å². The lowest BCUT2D eigenvalue weighted by molar-refractivity contribution is -0.144. The molecule has 3 aliphatic rings. The Morgan fingerprint density at radius 1 is 0.500 bits per heavy atom. The Morgan fingerprint density at radius 2 is 0.812 bits per heavy atom. The minimum absolute atomic E-state index is 0.0768. The van der Waals surface area contributed by atoms with Gasteiger partial charge in [0.05, 0.1) is 34.3 Å². The number of carboxylic acids is 3. The number of nitrogens with zero attached hydrogens (tertiary/aromatic N) is 4. The van der Waals surface area contributed by atoms with Crippen molar-refractivity contribution >= 4 is 50.6 Å². The SMILES string of the molecule is O=C(O)C(Cc1ccc2nccc(CN(Cc3ccnc4ccc(CC(C(=O)O)C5CCNC5)cc34)Cc3ccnc4ccc(CC(C(=O)O)C5CCNC5)cc34)c2c1)C1CCNC1. The van der Waals surface area contributed by atoms with Crippen molar-refractivity contribution < 1.29 is 29.7 Å². The molecule has 13 heteroatoms. The topological polar surface area (TPSA) is 190 Å². The van der Waals surface area contributed by atoms with Gasteiger partial charge in [0.2, 0.25) is 0 Å². The molecule has 0 radical (unpaired) electrons. The summed E-state index contributed by atoms with van der Waals surface area (Å²) in [6, 6.07) is 24.5. The molecule has 9 rings (SSSR count). The first-order chi connectivity index (χ1) is 31.2. The Bertz CT molecular complexity index is 2370. The largest absolute Gasteiger partial charge is 0.481 e. The summed E-state index contributed by atoms with van der Waals surface area (Å²) in [4.78, 5) is 54.1. The third-order valence-electron chi connectivity index (χ3n) is 14.2. The number of carbonyl (C=O) groups is 3. The van der Waals surface area contributed by atoms with Gasteiger partial charge in [-0.25, -0.2) is 0 Å². The molecular weight excluding hydrogens is 807 g/mol. The van der Waals surface area contributed by atoms with Crippen LogP contribution in [0, 0.1) is 35.5 Å². The maximum absolute atomic E-state index is 12.5. The molecule has 13 nitrogen and oxygen atoms in total. The number of fused-ring (bicyclic) bond motifs is 3. The molecule has 6 N–H and O–H groups in total. The Kier molecular flexibility index (Phi) is 13.2. The average molecular weight is 864 g/mol. The van der Waals surface area contributed by atoms with Gasteiger partial charge in [0.25, 0.3) is 0 Å². The summed E-state index contributed by atoms with van der Waals surface area (Å²) < 4.78 is 0. The Morgan fingerprint density at radius 3 is 1.08 bits per heavy atom. The fourth-order valence-electron chi connectivity index (χ4n) is 10.6. The second-order valence-electron chi connectivity index (χ2n) is 18.3. The van der Waals surface area contributed by atoms with Gasteiger partial charge in [0.1, 0.15) is 0 Å². The maximum atomic E-state index is 12.5. The first kappa shape index (κ1) is 43.4. The molecule has 0 bridgehead atoms. The molecule has 3 aromatic heterocycles. The molecule has 6 aromatic rings. The summed E-state index contributed by atoms with van der Waals surface area (Å²) >= 11 is 0. The van der Waals surface area contributed by atoms with Crippen molar-refractivity contribution in [1.29, 1.82) is 0 Å². The first-order valence-electron chi connectivity index (χ1n) is 22.8. The normalized spacial score (nSPS) is 20.3. The zero-order chi connectivity index (χ0) is 44.2. The number of hydrogen-bond donors (Lipinski definition) is 6. The molecule has 64 heavy (non-hydrogen) atoms. The third kappa shape index (κ3) is 9.78. The van der Waals surface area contributed by atoms with Crippen molar-refractivity contribution in [3.05, 3.63) is 125 Å². The van der Waals surface area contributed by atoms with E-state index in [2.05, 4.69) is 39.0 Å². The lowest BCUT2D eigenvalue weighted by atomic mass is 9.85. The van der Waals surface area contributed by atoms with Crippen molar-refractivity contribution in [2.75, 3.05) is 39.3 Å². The molecule has 6 unspecified atom stereocenters. The minimum atomic E-state index is -0.769. The lowest BCUT2D eigenvalue weighted by Gasteiger charge is -2.25. The van der Waals surface area contributed by atoms with Crippen LogP contribution in [-0.4, -0.2) is 92.3 Å². The van der Waals surface area contributed by atoms with Gasteiger partial charge in [-0.3, -0.25) is 34.2 Å². The van der Waals surface area contributed by atoms with E-state index in [0.717, 1.165) is 105 Å². The van der Waals surface area contributed by atoms with Crippen molar-refractivity contribution in [2.45, 2.75) is 58.2 Å². The molecule has 6 atom stereocenters. The first-order valence-corrected chi connectivity index (χ1v) is 22.8. The highest BCUT2D eigenvalue weighted by atomic mass is 16.4. The van der Waals surface area contributed by atoms with Crippen LogP contribution in [0.15, 0.2) is 91.4 Å². The number of aromatic nitrogens is 3. The fourth-order valence-corrected chi connectivity index (χ4v) is 10.6. The Balaban J connectivity index is 1.08. The molecular formula is C51H57N7O6. The van der Waals surface area contributed by atoms with Gasteiger partial charge >= 0.3 is 17.9 Å². The number of rotatable bonds is 18. The highest BCUT2D eigenvalue weighted by Gasteiger charge is 2.33. The summed E-state index contributed by atoms with van der Waals surface area (Å²) in [6.07, 6.45) is 9.35. The standard InChI is InChI=1S/C51H57N7O6/c59-49(60)43(34-7-13-52-25-34)22-31-1-4-46-40(19-31)37(10-16-55-46)28-58(29-38-11-17-56-47-5-2-32(20-41(38)47)23-44(50(61)62)35-8-14-53-26-35)30-39-12-18-57-48-6-3-33(21-42(39)48)24-45(51(63)64)36-9-15-54-27-36/h1-6,10-12,16-21,34-36,43-45,52-54H,7-9,13-15,22-30H2,(H,59,60)(H,61,62)(H,63,64). The van der Waals surface area contributed by atoms with Gasteiger partial charge < -0.3 is 31.3 Å². The third-order valence-corrected chi connectivity index (χ3v) is 14.2. The van der Waals surface area contributed by atoms with E-state index in [9.17, 15) is 29.7 Å². The van der Waals surface area contributed by atoms with Crippen LogP contribution in [0.5, 0.6) is 0 Å². The molecule has 0 spiro atoms. The van der Waals surface area contributed by atoms with Crippen LogP contribution in [0.1, 0.15) is 52.6 Å². The average Bonchev–Trinajstić information content (AvgIpc) is 4.13. The van der Waals surface area contributed by atoms with E-state index in [1.54, 1.807) is 0 Å². The maximum Gasteiger partial charge on any atom is 0.307 e. The van der Waals surface area contributed by atoms with Gasteiger partial charge in [-0.15, -0.1) is 0 Å². The van der Waals surface area contributed by atoms with E-state index in [1.165, 1.54) is 0 Å². The summed E-state index contributed by atoms with van der Waals surface area (Å²) in [5.74, 6) is -3.53. The molecule has 332 valence electrons. The van der Waals surface area contributed by atoms with Crippen molar-refractivity contribution in [3.63, 3.8) is 0 Å². The highest BCUT2D eigenvalue weighted by Crippen LogP contribution is 2.32. The van der Waals surface area contributed by atoms with E-state index >= 15 is 0 Å². The molecule has 3 saturated heterocycles. The van der Waals surface area contributed by atoms with Gasteiger partial charge in [-0.1, -0.05) is 18.2 Å². The zero-order valence-corrected chi connectivity index (χ0v) is 36.1. The fraction of sp³-hybridized carbons (Fsp3) is 0.412. The second kappa shape index (κ2) is 19.5. The van der Waals surface area contributed by atoms with Crippen molar-refractivity contribution in [3.8, 4) is 0 Å². The second-order valence-corrected chi connectivity index (χ2v) is 18.3. The van der Waals surface area contributed by atoms with Gasteiger partial charge in [0, 0.05) is 54.4 Å². The Labute approximate surface area is 372 Å². The quantitative estimate of drug-likeness (QED) is 0.0583. The summed E-state index contributed by atoms with van der Waals surface area (Å²) in [5.41, 5.74) is 8.59. The van der Waals surface area contributed by atoms with Crippen molar-refractivity contribution in [2.24, 2.45) is 35.5 Å². The van der Waals surface area contributed by atoms with Crippen LogP contribution in [-0.2, 0) is 53.3 Å². The van der Waals surface area contributed by atoms with E-state index in [4.69, 9.17) is 15.0 Å². The highest BCUT2D eigenvalue weighted by molar-refractivity contribution is 5.85. The molecule has 0 amide bonds. The number of pyridine rings is 3. The predicted octanol–water partition coefficient (Wildman–Crippen LogP) is 6.09. The van der Waals surface area contributed by atoms with E-state index in [0.29, 0.717) is 58.5 Å². The molecule has 3 fully saturated rings. The lowest BCUT2D eigenvalue weighted by Crippen LogP contribution is -2.27.